The fourth-order valence-corrected chi connectivity index (χ4v) is 5.24. The van der Waals surface area contributed by atoms with E-state index in [0.717, 1.165) is 58.0 Å². The van der Waals surface area contributed by atoms with E-state index in [-0.39, 0.29) is 18.6 Å². The SMILES string of the molecule is CCN(CC)C(C)Oc1ccc(-c2ccc(C(=S)NCCN(C(C)C)C(C)C)s2)cc1OC.Cl. The van der Waals surface area contributed by atoms with Gasteiger partial charge in [0.1, 0.15) is 11.2 Å². The number of hydrogen-bond acceptors (Lipinski definition) is 6. The first-order valence-electron chi connectivity index (χ1n) is 11.9. The average molecular weight is 528 g/mol. The van der Waals surface area contributed by atoms with Crippen LogP contribution in [0, 0.1) is 0 Å². The molecule has 1 unspecified atom stereocenters. The lowest BCUT2D eigenvalue weighted by molar-refractivity contribution is 0.0458. The number of halogens is 1. The largest absolute Gasteiger partial charge is 0.493 e. The topological polar surface area (TPSA) is 37.0 Å². The van der Waals surface area contributed by atoms with Gasteiger partial charge in [0, 0.05) is 30.1 Å². The molecule has 1 aromatic carbocycles. The lowest BCUT2D eigenvalue weighted by Gasteiger charge is -2.30. The fourth-order valence-electron chi connectivity index (χ4n) is 4.03. The first kappa shape index (κ1) is 30.7. The van der Waals surface area contributed by atoms with Crippen LogP contribution in [-0.2, 0) is 0 Å². The number of hydrogen-bond donors (Lipinski definition) is 1. The lowest BCUT2D eigenvalue weighted by atomic mass is 10.1. The van der Waals surface area contributed by atoms with Crippen LogP contribution in [0.2, 0.25) is 0 Å². The summed E-state index contributed by atoms with van der Waals surface area (Å²) in [6, 6.07) is 11.4. The summed E-state index contributed by atoms with van der Waals surface area (Å²) in [5.74, 6) is 1.50. The maximum absolute atomic E-state index is 6.18. The van der Waals surface area contributed by atoms with Gasteiger partial charge in [-0.25, -0.2) is 0 Å². The predicted molar refractivity (Wildman–Crippen MR) is 153 cm³/mol. The van der Waals surface area contributed by atoms with Gasteiger partial charge in [-0.3, -0.25) is 9.80 Å². The summed E-state index contributed by atoms with van der Waals surface area (Å²) in [5.41, 5.74) is 1.10. The minimum Gasteiger partial charge on any atom is -0.493 e. The second-order valence-corrected chi connectivity index (χ2v) is 10.1. The molecule has 0 radical (unpaired) electrons. The molecule has 1 atom stereocenters. The highest BCUT2D eigenvalue weighted by Gasteiger charge is 2.16. The predicted octanol–water partition coefficient (Wildman–Crippen LogP) is 6.30. The van der Waals surface area contributed by atoms with Gasteiger partial charge in [0.15, 0.2) is 11.5 Å². The molecule has 2 aromatic rings. The van der Waals surface area contributed by atoms with Crippen molar-refractivity contribution in [2.45, 2.75) is 66.8 Å². The monoisotopic (exact) mass is 527 g/mol. The Labute approximate surface area is 222 Å². The van der Waals surface area contributed by atoms with E-state index < -0.39 is 0 Å². The van der Waals surface area contributed by atoms with Crippen molar-refractivity contribution in [3.05, 3.63) is 35.2 Å². The Morgan fingerprint density at radius 1 is 1.00 bits per heavy atom. The van der Waals surface area contributed by atoms with E-state index in [9.17, 15) is 0 Å². The van der Waals surface area contributed by atoms with Crippen LogP contribution < -0.4 is 14.8 Å². The molecule has 5 nitrogen and oxygen atoms in total. The molecule has 0 saturated heterocycles. The van der Waals surface area contributed by atoms with Crippen molar-refractivity contribution in [1.29, 1.82) is 0 Å². The van der Waals surface area contributed by atoms with E-state index in [1.54, 1.807) is 18.4 Å². The van der Waals surface area contributed by atoms with Gasteiger partial charge < -0.3 is 14.8 Å². The maximum Gasteiger partial charge on any atom is 0.163 e. The molecule has 2 rings (SSSR count). The number of benzene rings is 1. The Hall–Kier alpha value is -1.38. The highest BCUT2D eigenvalue weighted by atomic mass is 35.5. The third-order valence-electron chi connectivity index (χ3n) is 5.88. The van der Waals surface area contributed by atoms with Crippen LogP contribution in [-0.4, -0.2) is 66.4 Å². The van der Waals surface area contributed by atoms with Gasteiger partial charge in [-0.1, -0.05) is 26.1 Å². The molecule has 1 N–H and O–H groups in total. The summed E-state index contributed by atoms with van der Waals surface area (Å²) in [5, 5.41) is 3.43. The van der Waals surface area contributed by atoms with E-state index in [0.29, 0.717) is 12.1 Å². The third kappa shape index (κ3) is 8.38. The summed E-state index contributed by atoms with van der Waals surface area (Å²) < 4.78 is 11.8. The van der Waals surface area contributed by atoms with Crippen molar-refractivity contribution >= 4 is 41.0 Å². The van der Waals surface area contributed by atoms with Gasteiger partial charge in [0.25, 0.3) is 0 Å². The normalized spacial score (nSPS) is 12.2. The molecule has 0 fully saturated rings. The molecular formula is C26H42ClN3O2S2. The van der Waals surface area contributed by atoms with Gasteiger partial charge in [0.2, 0.25) is 0 Å². The number of methoxy groups -OCH3 is 1. The molecule has 192 valence electrons. The molecule has 34 heavy (non-hydrogen) atoms. The first-order valence-corrected chi connectivity index (χ1v) is 13.2. The Balaban J connectivity index is 0.00000578. The number of thiocarbonyl (C=S) groups is 1. The minimum absolute atomic E-state index is 0. The first-order chi connectivity index (χ1) is 15.7. The van der Waals surface area contributed by atoms with Crippen LogP contribution in [0.3, 0.4) is 0 Å². The van der Waals surface area contributed by atoms with Gasteiger partial charge in [0.05, 0.1) is 12.0 Å². The standard InChI is InChI=1S/C26H41N3O2S2.ClH/c1-9-28(10-2)20(7)31-22-12-11-21(17-23(22)30-8)24-13-14-25(33-24)26(32)27-15-16-29(18(3)4)19(5)6;/h11-14,17-20H,9-10,15-16H2,1-8H3,(H,27,32);1H. The van der Waals surface area contributed by atoms with Crippen molar-refractivity contribution in [3.63, 3.8) is 0 Å². The van der Waals surface area contributed by atoms with E-state index in [4.69, 9.17) is 21.7 Å². The zero-order chi connectivity index (χ0) is 24.5. The lowest BCUT2D eigenvalue weighted by Crippen LogP contribution is -2.42. The minimum atomic E-state index is -0.0149. The van der Waals surface area contributed by atoms with E-state index >= 15 is 0 Å². The zero-order valence-corrected chi connectivity index (χ0v) is 24.3. The quantitative estimate of drug-likeness (QED) is 0.243. The number of rotatable bonds is 13. The molecule has 0 saturated carbocycles. The number of thiophene rings is 1. The average Bonchev–Trinajstić information content (AvgIpc) is 3.27. The van der Waals surface area contributed by atoms with Crippen molar-refractivity contribution in [3.8, 4) is 21.9 Å². The Kier molecular flexibility index (Phi) is 13.4. The van der Waals surface area contributed by atoms with Gasteiger partial charge in [-0.15, -0.1) is 23.7 Å². The summed E-state index contributed by atoms with van der Waals surface area (Å²) >= 11 is 7.36. The smallest absolute Gasteiger partial charge is 0.163 e. The molecule has 0 amide bonds. The molecule has 0 aliphatic heterocycles. The van der Waals surface area contributed by atoms with Crippen molar-refractivity contribution < 1.29 is 9.47 Å². The summed E-state index contributed by atoms with van der Waals surface area (Å²) in [7, 11) is 1.69. The van der Waals surface area contributed by atoms with Crippen LogP contribution in [0.4, 0.5) is 0 Å². The maximum atomic E-state index is 6.18. The number of nitrogens with zero attached hydrogens (tertiary/aromatic N) is 2. The van der Waals surface area contributed by atoms with Gasteiger partial charge in [-0.05, 0) is 83.6 Å². The van der Waals surface area contributed by atoms with Crippen LogP contribution in [0.5, 0.6) is 11.5 Å². The molecule has 0 bridgehead atoms. The number of ether oxygens (including phenoxy) is 2. The molecule has 0 aliphatic rings. The fraction of sp³-hybridized carbons (Fsp3) is 0.577. The highest BCUT2D eigenvalue weighted by molar-refractivity contribution is 7.81. The zero-order valence-electron chi connectivity index (χ0n) is 21.9. The van der Waals surface area contributed by atoms with Crippen LogP contribution in [0.15, 0.2) is 30.3 Å². The molecule has 0 spiro atoms. The molecule has 1 heterocycles. The van der Waals surface area contributed by atoms with Gasteiger partial charge >= 0.3 is 0 Å². The van der Waals surface area contributed by atoms with E-state index in [1.165, 1.54) is 0 Å². The summed E-state index contributed by atoms with van der Waals surface area (Å²) in [6.45, 7) is 19.0. The highest BCUT2D eigenvalue weighted by Crippen LogP contribution is 2.36. The van der Waals surface area contributed by atoms with Crippen LogP contribution >= 0.6 is 36.0 Å². The van der Waals surface area contributed by atoms with Crippen molar-refractivity contribution in [2.24, 2.45) is 0 Å². The van der Waals surface area contributed by atoms with Crippen molar-refractivity contribution in [1.82, 2.24) is 15.1 Å². The van der Waals surface area contributed by atoms with Gasteiger partial charge in [-0.2, -0.15) is 0 Å². The Morgan fingerprint density at radius 2 is 1.65 bits per heavy atom. The second-order valence-electron chi connectivity index (χ2n) is 8.65. The van der Waals surface area contributed by atoms with Crippen LogP contribution in [0.25, 0.3) is 10.4 Å². The van der Waals surface area contributed by atoms with Crippen molar-refractivity contribution in [2.75, 3.05) is 33.3 Å². The Morgan fingerprint density at radius 3 is 2.21 bits per heavy atom. The summed E-state index contributed by atoms with van der Waals surface area (Å²) in [4.78, 5) is 7.76. The second kappa shape index (κ2) is 14.9. The summed E-state index contributed by atoms with van der Waals surface area (Å²) in [6.07, 6.45) is -0.0149. The molecule has 8 heteroatoms. The Bertz CT molecular complexity index is 877. The van der Waals surface area contributed by atoms with Crippen LogP contribution in [0.1, 0.15) is 53.3 Å². The number of nitrogens with one attached hydrogen (secondary N) is 1. The van der Waals surface area contributed by atoms with E-state index in [1.807, 2.05) is 12.1 Å². The molecule has 0 aliphatic carbocycles. The molecular weight excluding hydrogens is 486 g/mol. The molecule has 1 aromatic heterocycles. The third-order valence-corrected chi connectivity index (χ3v) is 7.53. The van der Waals surface area contributed by atoms with E-state index in [2.05, 4.69) is 81.8 Å².